The third-order valence-corrected chi connectivity index (χ3v) is 3.54. The molecule has 21 heavy (non-hydrogen) atoms. The molecule has 0 spiro atoms. The molecule has 1 saturated heterocycles. The molecule has 6 heteroatoms. The van der Waals surface area contributed by atoms with E-state index in [0.29, 0.717) is 13.2 Å². The van der Waals surface area contributed by atoms with Crippen LogP contribution in [0.15, 0.2) is 43.0 Å². The molecule has 2 atom stereocenters. The van der Waals surface area contributed by atoms with Crippen molar-refractivity contribution in [1.29, 1.82) is 0 Å². The Morgan fingerprint density at radius 2 is 2.24 bits per heavy atom. The Bertz CT molecular complexity index is 570. The summed E-state index contributed by atoms with van der Waals surface area (Å²) < 4.78 is 18.9. The molecule has 1 aromatic heterocycles. The first-order valence-electron chi connectivity index (χ1n) is 6.78. The van der Waals surface area contributed by atoms with Gasteiger partial charge in [0.15, 0.2) is 0 Å². The normalized spacial score (nSPS) is 25.1. The van der Waals surface area contributed by atoms with Crippen LogP contribution >= 0.6 is 0 Å². The first-order valence-corrected chi connectivity index (χ1v) is 6.78. The molecule has 0 saturated carbocycles. The van der Waals surface area contributed by atoms with E-state index in [1.807, 2.05) is 35.0 Å². The largest absolute Gasteiger partial charge is 0.497 e. The van der Waals surface area contributed by atoms with Gasteiger partial charge in [-0.1, -0.05) is 0 Å². The van der Waals surface area contributed by atoms with Crippen LogP contribution in [0.1, 0.15) is 5.56 Å². The maximum absolute atomic E-state index is 9.31. The fourth-order valence-electron chi connectivity index (χ4n) is 2.45. The number of hydrogen-bond donors (Lipinski definition) is 1. The van der Waals surface area contributed by atoms with E-state index in [4.69, 9.17) is 14.2 Å². The fraction of sp³-hybridized carbons (Fsp3) is 0.400. The summed E-state index contributed by atoms with van der Waals surface area (Å²) in [7, 11) is 1.63. The summed E-state index contributed by atoms with van der Waals surface area (Å²) in [6.45, 7) is 0.759. The zero-order chi connectivity index (χ0) is 14.7. The highest BCUT2D eigenvalue weighted by Crippen LogP contribution is 2.36. The van der Waals surface area contributed by atoms with Crippen molar-refractivity contribution in [3.05, 3.63) is 48.5 Å². The lowest BCUT2D eigenvalue weighted by atomic mass is 10.1. The lowest BCUT2D eigenvalue weighted by Gasteiger charge is -2.29. The van der Waals surface area contributed by atoms with Crippen molar-refractivity contribution >= 4 is 0 Å². The van der Waals surface area contributed by atoms with E-state index in [1.54, 1.807) is 19.6 Å². The molecular weight excluding hydrogens is 272 g/mol. The predicted molar refractivity (Wildman–Crippen MR) is 74.8 cm³/mol. The van der Waals surface area contributed by atoms with Crippen LogP contribution < -0.4 is 4.74 Å². The maximum atomic E-state index is 9.31. The Hall–Kier alpha value is -1.89. The summed E-state index contributed by atoms with van der Waals surface area (Å²) in [6, 6.07) is 7.55. The van der Waals surface area contributed by atoms with Crippen LogP contribution in [0.3, 0.4) is 0 Å². The number of nitrogens with zero attached hydrogens (tertiary/aromatic N) is 2. The molecule has 2 aromatic rings. The average Bonchev–Trinajstić information content (AvgIpc) is 3.18. The van der Waals surface area contributed by atoms with Gasteiger partial charge in [0.1, 0.15) is 11.9 Å². The van der Waals surface area contributed by atoms with E-state index < -0.39 is 5.79 Å². The van der Waals surface area contributed by atoms with Crippen LogP contribution in [0, 0.1) is 0 Å². The second kappa shape index (κ2) is 5.85. The predicted octanol–water partition coefficient (Wildman–Crippen LogP) is 1.15. The Labute approximate surface area is 122 Å². The summed E-state index contributed by atoms with van der Waals surface area (Å²) >= 11 is 0. The molecule has 2 heterocycles. The van der Waals surface area contributed by atoms with E-state index in [2.05, 4.69) is 4.98 Å². The molecule has 1 aromatic carbocycles. The van der Waals surface area contributed by atoms with Crippen molar-refractivity contribution < 1.29 is 19.3 Å². The summed E-state index contributed by atoms with van der Waals surface area (Å²) in [6.07, 6.45) is 4.95. The number of benzene rings is 1. The lowest BCUT2D eigenvalue weighted by Crippen LogP contribution is -2.33. The first kappa shape index (κ1) is 14.1. The Balaban J connectivity index is 1.91. The van der Waals surface area contributed by atoms with E-state index in [1.165, 1.54) is 0 Å². The Kier molecular flexibility index (Phi) is 3.92. The van der Waals surface area contributed by atoms with E-state index >= 15 is 0 Å². The number of aromatic nitrogens is 2. The summed E-state index contributed by atoms with van der Waals surface area (Å²) in [5, 5.41) is 9.31. The summed E-state index contributed by atoms with van der Waals surface area (Å²) in [4.78, 5) is 4.04. The minimum absolute atomic E-state index is 0.0676. The highest BCUT2D eigenvalue weighted by Gasteiger charge is 2.43. The average molecular weight is 290 g/mol. The van der Waals surface area contributed by atoms with Gasteiger partial charge in [-0.15, -0.1) is 0 Å². The Morgan fingerprint density at radius 3 is 2.81 bits per heavy atom. The van der Waals surface area contributed by atoms with Gasteiger partial charge in [-0.2, -0.15) is 0 Å². The van der Waals surface area contributed by atoms with E-state index in [0.717, 1.165) is 11.3 Å². The summed E-state index contributed by atoms with van der Waals surface area (Å²) in [5.41, 5.74) is 0.882. The monoisotopic (exact) mass is 290 g/mol. The molecule has 1 aliphatic rings. The molecule has 1 fully saturated rings. The molecule has 0 bridgehead atoms. The van der Waals surface area contributed by atoms with Gasteiger partial charge in [-0.25, -0.2) is 4.98 Å². The van der Waals surface area contributed by atoms with Crippen molar-refractivity contribution in [3.8, 4) is 5.75 Å². The molecule has 3 rings (SSSR count). The maximum Gasteiger partial charge on any atom is 0.214 e. The van der Waals surface area contributed by atoms with Crippen LogP contribution in [0.25, 0.3) is 0 Å². The van der Waals surface area contributed by atoms with Gasteiger partial charge in [0, 0.05) is 18.0 Å². The molecule has 0 aliphatic carbocycles. The topological polar surface area (TPSA) is 65.7 Å². The third kappa shape index (κ3) is 2.78. The number of hydrogen-bond acceptors (Lipinski definition) is 5. The van der Waals surface area contributed by atoms with E-state index in [-0.39, 0.29) is 12.7 Å². The van der Waals surface area contributed by atoms with Crippen LogP contribution in [0.5, 0.6) is 5.75 Å². The second-order valence-corrected chi connectivity index (χ2v) is 4.95. The fourth-order valence-corrected chi connectivity index (χ4v) is 2.45. The number of aliphatic hydroxyl groups is 1. The molecule has 2 unspecified atom stereocenters. The number of ether oxygens (including phenoxy) is 3. The van der Waals surface area contributed by atoms with Gasteiger partial charge >= 0.3 is 0 Å². The van der Waals surface area contributed by atoms with Crippen LogP contribution in [0.4, 0.5) is 0 Å². The number of methoxy groups -OCH3 is 1. The van der Waals surface area contributed by atoms with Crippen LogP contribution in [-0.4, -0.2) is 41.1 Å². The van der Waals surface area contributed by atoms with Crippen LogP contribution in [-0.2, 0) is 21.8 Å². The van der Waals surface area contributed by atoms with Crippen molar-refractivity contribution in [2.75, 3.05) is 20.3 Å². The van der Waals surface area contributed by atoms with Gasteiger partial charge in [0.2, 0.25) is 5.79 Å². The summed E-state index contributed by atoms with van der Waals surface area (Å²) in [5.74, 6) is -0.145. The van der Waals surface area contributed by atoms with Gasteiger partial charge in [0.05, 0.1) is 33.2 Å². The standard InChI is InChI=1S/C15H18N2O4/c1-19-13-4-2-12(3-5-13)15(10-17-7-6-16-11-17)20-9-14(8-18)21-15/h2-7,11,14,18H,8-10H2,1H3. The molecule has 6 nitrogen and oxygen atoms in total. The second-order valence-electron chi connectivity index (χ2n) is 4.95. The lowest BCUT2D eigenvalue weighted by molar-refractivity contribution is -0.190. The van der Waals surface area contributed by atoms with Gasteiger partial charge in [-0.3, -0.25) is 0 Å². The molecular formula is C15H18N2O4. The molecule has 0 amide bonds. The zero-order valence-electron chi connectivity index (χ0n) is 11.8. The van der Waals surface area contributed by atoms with Crippen molar-refractivity contribution in [2.24, 2.45) is 0 Å². The van der Waals surface area contributed by atoms with Crippen LogP contribution in [0.2, 0.25) is 0 Å². The van der Waals surface area contributed by atoms with E-state index in [9.17, 15) is 5.11 Å². The highest BCUT2D eigenvalue weighted by atomic mass is 16.7. The minimum atomic E-state index is -0.916. The Morgan fingerprint density at radius 1 is 1.43 bits per heavy atom. The van der Waals surface area contributed by atoms with Gasteiger partial charge < -0.3 is 23.9 Å². The van der Waals surface area contributed by atoms with Crippen molar-refractivity contribution in [3.63, 3.8) is 0 Å². The number of rotatable bonds is 5. The quantitative estimate of drug-likeness (QED) is 0.895. The van der Waals surface area contributed by atoms with Gasteiger partial charge in [-0.05, 0) is 24.3 Å². The smallest absolute Gasteiger partial charge is 0.214 e. The first-order chi connectivity index (χ1) is 10.3. The SMILES string of the molecule is COc1ccc(C2(Cn3ccnc3)OCC(CO)O2)cc1. The number of aliphatic hydroxyl groups excluding tert-OH is 1. The highest BCUT2D eigenvalue weighted by molar-refractivity contribution is 5.30. The molecule has 1 N–H and O–H groups in total. The minimum Gasteiger partial charge on any atom is -0.497 e. The van der Waals surface area contributed by atoms with Crippen molar-refractivity contribution in [2.45, 2.75) is 18.4 Å². The number of imidazole rings is 1. The van der Waals surface area contributed by atoms with Gasteiger partial charge in [0.25, 0.3) is 0 Å². The molecule has 0 radical (unpaired) electrons. The zero-order valence-corrected chi connectivity index (χ0v) is 11.8. The van der Waals surface area contributed by atoms with Crippen molar-refractivity contribution in [1.82, 2.24) is 9.55 Å². The molecule has 112 valence electrons. The molecule has 1 aliphatic heterocycles. The third-order valence-electron chi connectivity index (χ3n) is 3.54.